The molecule has 4 rings (SSSR count). The van der Waals surface area contributed by atoms with Gasteiger partial charge < -0.3 is 0 Å². The summed E-state index contributed by atoms with van der Waals surface area (Å²) in [6.45, 7) is 6.53. The largest absolute Gasteiger partial charge is 0.280 e. The first-order valence-corrected chi connectivity index (χ1v) is 10.5. The summed E-state index contributed by atoms with van der Waals surface area (Å²) in [6, 6.07) is 13.8. The van der Waals surface area contributed by atoms with E-state index in [0.717, 1.165) is 22.3 Å². The predicted octanol–water partition coefficient (Wildman–Crippen LogP) is 4.88. The lowest BCUT2D eigenvalue weighted by molar-refractivity contribution is 0.0979. The minimum absolute atomic E-state index is 0.174. The number of anilines is 1. The molecule has 0 radical (unpaired) electrons. The van der Waals surface area contributed by atoms with E-state index in [-0.39, 0.29) is 11.9 Å². The number of amides is 1. The minimum atomic E-state index is -0.174. The topological polar surface area (TPSA) is 63.9 Å². The van der Waals surface area contributed by atoms with Crippen molar-refractivity contribution in [2.45, 2.75) is 39.8 Å². The second-order valence-corrected chi connectivity index (χ2v) is 8.11. The molecule has 29 heavy (non-hydrogen) atoms. The molecule has 3 heterocycles. The van der Waals surface area contributed by atoms with Crippen molar-refractivity contribution in [3.05, 3.63) is 71.8 Å². The number of hydrogen-bond donors (Lipinski definition) is 0. The second-order valence-electron chi connectivity index (χ2n) is 7.10. The Bertz CT molecular complexity index is 1130. The molecule has 0 unspecified atom stereocenters. The lowest BCUT2D eigenvalue weighted by Crippen LogP contribution is -2.31. The summed E-state index contributed by atoms with van der Waals surface area (Å²) >= 11 is 1.52. The average molecular weight is 406 g/mol. The molecular weight excluding hydrogens is 382 g/mol. The van der Waals surface area contributed by atoms with Crippen molar-refractivity contribution < 1.29 is 4.79 Å². The number of rotatable bonds is 6. The molecule has 0 saturated carbocycles. The molecule has 6 nitrogen and oxygen atoms in total. The van der Waals surface area contributed by atoms with Crippen LogP contribution < -0.4 is 4.90 Å². The van der Waals surface area contributed by atoms with Gasteiger partial charge >= 0.3 is 0 Å². The maximum absolute atomic E-state index is 13.4. The molecule has 0 atom stereocenters. The van der Waals surface area contributed by atoms with Gasteiger partial charge in [0.05, 0.1) is 22.5 Å². The first kappa shape index (κ1) is 19.3. The highest BCUT2D eigenvalue weighted by Gasteiger charge is 2.24. The molecule has 0 saturated heterocycles. The summed E-state index contributed by atoms with van der Waals surface area (Å²) in [5, 5.41) is 5.13. The van der Waals surface area contributed by atoms with Gasteiger partial charge in [0, 0.05) is 18.4 Å². The van der Waals surface area contributed by atoms with E-state index in [9.17, 15) is 4.79 Å². The Labute approximate surface area is 173 Å². The highest BCUT2D eigenvalue weighted by molar-refractivity contribution is 7.22. The maximum Gasteiger partial charge on any atom is 0.280 e. The van der Waals surface area contributed by atoms with Gasteiger partial charge in [0.15, 0.2) is 10.8 Å². The monoisotopic (exact) mass is 405 g/mol. The van der Waals surface area contributed by atoms with Crippen LogP contribution in [0.3, 0.4) is 0 Å². The molecule has 0 bridgehead atoms. The van der Waals surface area contributed by atoms with Crippen molar-refractivity contribution >= 4 is 32.6 Å². The van der Waals surface area contributed by atoms with Gasteiger partial charge in [-0.05, 0) is 50.1 Å². The van der Waals surface area contributed by atoms with Crippen molar-refractivity contribution in [2.24, 2.45) is 0 Å². The Morgan fingerprint density at radius 1 is 1.17 bits per heavy atom. The third-order valence-electron chi connectivity index (χ3n) is 4.75. The van der Waals surface area contributed by atoms with Gasteiger partial charge in [-0.1, -0.05) is 36.5 Å². The smallest absolute Gasteiger partial charge is 0.276 e. The molecule has 7 heteroatoms. The lowest BCUT2D eigenvalue weighted by Gasteiger charge is -2.18. The molecule has 3 aromatic heterocycles. The van der Waals surface area contributed by atoms with Gasteiger partial charge in [0.1, 0.15) is 0 Å². The number of thiazole rings is 1. The van der Waals surface area contributed by atoms with Crippen molar-refractivity contribution in [3.63, 3.8) is 0 Å². The van der Waals surface area contributed by atoms with Gasteiger partial charge in [-0.15, -0.1) is 0 Å². The summed E-state index contributed by atoms with van der Waals surface area (Å²) in [6.07, 6.45) is 4.47. The first-order chi connectivity index (χ1) is 14.1. The van der Waals surface area contributed by atoms with E-state index in [2.05, 4.69) is 23.1 Å². The standard InChI is InChI=1S/C22H23N5OS/c1-4-16-8-7-10-19-20(16)24-22(29-19)26(14-17-9-5-6-12-23-17)21(28)18-11-13-27(25-18)15(2)3/h5-13,15H,4,14H2,1-3H3. The molecule has 0 aliphatic rings. The van der Waals surface area contributed by atoms with Crippen LogP contribution in [0.4, 0.5) is 5.13 Å². The summed E-state index contributed by atoms with van der Waals surface area (Å²) in [4.78, 5) is 24.3. The minimum Gasteiger partial charge on any atom is -0.276 e. The highest BCUT2D eigenvalue weighted by Crippen LogP contribution is 2.32. The van der Waals surface area contributed by atoms with E-state index >= 15 is 0 Å². The summed E-state index contributed by atoms with van der Waals surface area (Å²) < 4.78 is 2.87. The average Bonchev–Trinajstić information content (AvgIpc) is 3.39. The van der Waals surface area contributed by atoms with Crippen LogP contribution in [0.1, 0.15) is 48.6 Å². The van der Waals surface area contributed by atoms with E-state index in [1.165, 1.54) is 16.9 Å². The SMILES string of the molecule is CCc1cccc2sc(N(Cc3ccccn3)C(=O)c3ccn(C(C)C)n3)nc12. The number of fused-ring (bicyclic) bond motifs is 1. The number of pyridine rings is 1. The number of para-hydroxylation sites is 1. The zero-order valence-corrected chi connectivity index (χ0v) is 17.6. The van der Waals surface area contributed by atoms with Crippen LogP contribution in [0.25, 0.3) is 10.2 Å². The highest BCUT2D eigenvalue weighted by atomic mass is 32.1. The molecule has 1 aromatic carbocycles. The molecule has 1 amide bonds. The van der Waals surface area contributed by atoms with Crippen LogP contribution in [0.5, 0.6) is 0 Å². The third kappa shape index (κ3) is 3.91. The van der Waals surface area contributed by atoms with E-state index in [1.54, 1.807) is 21.8 Å². The molecule has 0 N–H and O–H groups in total. The predicted molar refractivity (Wildman–Crippen MR) is 116 cm³/mol. The summed E-state index contributed by atoms with van der Waals surface area (Å²) in [7, 11) is 0. The third-order valence-corrected chi connectivity index (χ3v) is 5.79. The molecular formula is C22H23N5OS. The van der Waals surface area contributed by atoms with Crippen molar-refractivity contribution in [2.75, 3.05) is 4.90 Å². The van der Waals surface area contributed by atoms with E-state index < -0.39 is 0 Å². The molecule has 0 fully saturated rings. The van der Waals surface area contributed by atoms with Crippen LogP contribution in [0, 0.1) is 0 Å². The van der Waals surface area contributed by atoms with Crippen LogP contribution in [-0.4, -0.2) is 25.7 Å². The number of benzene rings is 1. The molecule has 0 aliphatic heterocycles. The van der Waals surface area contributed by atoms with Crippen LogP contribution in [0.2, 0.25) is 0 Å². The van der Waals surface area contributed by atoms with Crippen LogP contribution in [-0.2, 0) is 13.0 Å². The van der Waals surface area contributed by atoms with Gasteiger partial charge in [-0.3, -0.25) is 19.4 Å². The lowest BCUT2D eigenvalue weighted by atomic mass is 10.1. The molecule has 0 spiro atoms. The zero-order chi connectivity index (χ0) is 20.4. The number of carbonyl (C=O) groups is 1. The Morgan fingerprint density at radius 3 is 2.72 bits per heavy atom. The first-order valence-electron chi connectivity index (χ1n) is 9.72. The van der Waals surface area contributed by atoms with Crippen LogP contribution in [0.15, 0.2) is 54.9 Å². The van der Waals surface area contributed by atoms with E-state index in [1.807, 2.05) is 50.4 Å². The number of carbonyl (C=O) groups excluding carboxylic acids is 1. The number of hydrogen-bond acceptors (Lipinski definition) is 5. The van der Waals surface area contributed by atoms with E-state index in [4.69, 9.17) is 4.98 Å². The van der Waals surface area contributed by atoms with Crippen molar-refractivity contribution in [1.29, 1.82) is 0 Å². The van der Waals surface area contributed by atoms with Gasteiger partial charge in [0.25, 0.3) is 5.91 Å². The summed E-state index contributed by atoms with van der Waals surface area (Å²) in [5.74, 6) is -0.174. The number of aromatic nitrogens is 4. The van der Waals surface area contributed by atoms with Crippen molar-refractivity contribution in [3.8, 4) is 0 Å². The second kappa shape index (κ2) is 8.13. The normalized spacial score (nSPS) is 11.3. The molecule has 4 aromatic rings. The summed E-state index contributed by atoms with van der Waals surface area (Å²) in [5.41, 5.74) is 3.35. The molecule has 0 aliphatic carbocycles. The Hall–Kier alpha value is -3.06. The van der Waals surface area contributed by atoms with Gasteiger partial charge in [-0.2, -0.15) is 5.10 Å². The fourth-order valence-electron chi connectivity index (χ4n) is 3.15. The van der Waals surface area contributed by atoms with Crippen LogP contribution >= 0.6 is 11.3 Å². The number of aryl methyl sites for hydroxylation is 1. The Balaban J connectivity index is 1.76. The van der Waals surface area contributed by atoms with Crippen molar-refractivity contribution in [1.82, 2.24) is 19.7 Å². The maximum atomic E-state index is 13.4. The number of nitrogens with zero attached hydrogens (tertiary/aromatic N) is 5. The fraction of sp³-hybridized carbons (Fsp3) is 0.273. The van der Waals surface area contributed by atoms with E-state index in [0.29, 0.717) is 17.4 Å². The zero-order valence-electron chi connectivity index (χ0n) is 16.7. The molecule has 148 valence electrons. The fourth-order valence-corrected chi connectivity index (χ4v) is 4.16. The quantitative estimate of drug-likeness (QED) is 0.459. The van der Waals surface area contributed by atoms with Gasteiger partial charge in [-0.25, -0.2) is 4.98 Å². The van der Waals surface area contributed by atoms with Gasteiger partial charge in [0.2, 0.25) is 0 Å². The Kier molecular flexibility index (Phi) is 5.40. The Morgan fingerprint density at radius 2 is 2.03 bits per heavy atom.